The molecule has 1 aromatic carbocycles. The fraction of sp³-hybridized carbons (Fsp3) is 0.538. The van der Waals surface area contributed by atoms with E-state index in [2.05, 4.69) is 15.9 Å². The molecule has 0 bridgehead atoms. The number of sulfonamides is 1. The molecule has 1 fully saturated rings. The molecule has 1 aliphatic rings. The lowest BCUT2D eigenvalue weighted by Gasteiger charge is -2.18. The largest absolute Gasteiger partial charge is 0.392 e. The number of ether oxygens (including phenoxy) is 1. The molecule has 21 heavy (non-hydrogen) atoms. The number of benzene rings is 1. The summed E-state index contributed by atoms with van der Waals surface area (Å²) in [7, 11) is -2.35. The summed E-state index contributed by atoms with van der Waals surface area (Å²) in [6.45, 7) is 0.586. The molecule has 1 aliphatic heterocycles. The Labute approximate surface area is 131 Å². The van der Waals surface area contributed by atoms with Gasteiger partial charge in [0, 0.05) is 30.2 Å². The summed E-state index contributed by atoms with van der Waals surface area (Å²) in [5.41, 5.74) is -0.0458. The van der Waals surface area contributed by atoms with Crippen molar-refractivity contribution in [3.8, 4) is 0 Å². The Kier molecular flexibility index (Phi) is 5.37. The standard InChI is InChI=1S/C13H17BrFNO4S/c1-20-8-9-2-3-16(6-9)21(18,19)12-5-11(14)4-10(7-17)13(12)15/h4-5,9,17H,2-3,6-8H2,1H3. The lowest BCUT2D eigenvalue weighted by atomic mass is 10.1. The smallest absolute Gasteiger partial charge is 0.246 e. The summed E-state index contributed by atoms with van der Waals surface area (Å²) in [6.07, 6.45) is 0.690. The molecule has 0 aromatic heterocycles. The average molecular weight is 382 g/mol. The number of hydrogen-bond acceptors (Lipinski definition) is 4. The Hall–Kier alpha value is -0.540. The average Bonchev–Trinajstić information content (AvgIpc) is 2.90. The van der Waals surface area contributed by atoms with Crippen LogP contribution in [0, 0.1) is 11.7 Å². The van der Waals surface area contributed by atoms with Gasteiger partial charge < -0.3 is 9.84 Å². The van der Waals surface area contributed by atoms with Crippen LogP contribution in [0.25, 0.3) is 0 Å². The number of methoxy groups -OCH3 is 1. The third-order valence-corrected chi connectivity index (χ3v) is 5.84. The highest BCUT2D eigenvalue weighted by molar-refractivity contribution is 9.10. The second-order valence-electron chi connectivity index (χ2n) is 5.01. The minimum Gasteiger partial charge on any atom is -0.392 e. The van der Waals surface area contributed by atoms with Crippen molar-refractivity contribution in [1.82, 2.24) is 4.31 Å². The van der Waals surface area contributed by atoms with Crippen LogP contribution in [0.2, 0.25) is 0 Å². The van der Waals surface area contributed by atoms with E-state index in [0.29, 0.717) is 30.6 Å². The number of hydrogen-bond donors (Lipinski definition) is 1. The number of aliphatic hydroxyl groups excluding tert-OH is 1. The second-order valence-corrected chi connectivity index (χ2v) is 7.83. The highest BCUT2D eigenvalue weighted by Gasteiger charge is 2.34. The molecular formula is C13H17BrFNO4S. The zero-order chi connectivity index (χ0) is 15.6. The Morgan fingerprint density at radius 1 is 1.52 bits per heavy atom. The lowest BCUT2D eigenvalue weighted by Crippen LogP contribution is -2.30. The quantitative estimate of drug-likeness (QED) is 0.843. The molecule has 8 heteroatoms. The molecule has 0 spiro atoms. The monoisotopic (exact) mass is 381 g/mol. The van der Waals surface area contributed by atoms with E-state index in [9.17, 15) is 12.8 Å². The van der Waals surface area contributed by atoms with Gasteiger partial charge in [-0.25, -0.2) is 12.8 Å². The topological polar surface area (TPSA) is 66.8 Å². The number of rotatable bonds is 5. The van der Waals surface area contributed by atoms with Crippen molar-refractivity contribution in [2.75, 3.05) is 26.8 Å². The van der Waals surface area contributed by atoms with E-state index < -0.39 is 27.3 Å². The molecule has 5 nitrogen and oxygen atoms in total. The molecule has 0 aliphatic carbocycles. The fourth-order valence-corrected chi connectivity index (χ4v) is 4.77. The first-order valence-corrected chi connectivity index (χ1v) is 8.71. The maximum atomic E-state index is 14.2. The van der Waals surface area contributed by atoms with Gasteiger partial charge in [-0.05, 0) is 24.5 Å². The first-order chi connectivity index (χ1) is 9.90. The van der Waals surface area contributed by atoms with Crippen LogP contribution >= 0.6 is 15.9 Å². The molecule has 1 atom stereocenters. The third-order valence-electron chi connectivity index (χ3n) is 3.52. The highest BCUT2D eigenvalue weighted by Crippen LogP contribution is 2.29. The summed E-state index contributed by atoms with van der Waals surface area (Å²) in [6, 6.07) is 2.60. The zero-order valence-electron chi connectivity index (χ0n) is 11.6. The third kappa shape index (κ3) is 3.45. The minimum atomic E-state index is -3.91. The molecule has 0 saturated carbocycles. The predicted molar refractivity (Wildman–Crippen MR) is 78.8 cm³/mol. The van der Waals surface area contributed by atoms with Crippen LogP contribution in [0.15, 0.2) is 21.5 Å². The molecule has 1 saturated heterocycles. The minimum absolute atomic E-state index is 0.0458. The molecule has 118 valence electrons. The normalized spacial score (nSPS) is 20.1. The van der Waals surface area contributed by atoms with Crippen molar-refractivity contribution in [3.63, 3.8) is 0 Å². The van der Waals surface area contributed by atoms with Crippen molar-refractivity contribution in [2.24, 2.45) is 5.92 Å². The SMILES string of the molecule is COCC1CCN(S(=O)(=O)c2cc(Br)cc(CO)c2F)C1. The summed E-state index contributed by atoms with van der Waals surface area (Å²) in [5, 5.41) is 9.12. The van der Waals surface area contributed by atoms with Gasteiger partial charge in [-0.3, -0.25) is 0 Å². The summed E-state index contributed by atoms with van der Waals surface area (Å²) < 4.78 is 46.1. The van der Waals surface area contributed by atoms with Crippen molar-refractivity contribution < 1.29 is 22.7 Å². The van der Waals surface area contributed by atoms with E-state index in [1.165, 1.54) is 16.4 Å². The summed E-state index contributed by atoms with van der Waals surface area (Å²) in [5.74, 6) is -0.770. The van der Waals surface area contributed by atoms with Gasteiger partial charge in [0.2, 0.25) is 10.0 Å². The van der Waals surface area contributed by atoms with Crippen LogP contribution in [-0.2, 0) is 21.4 Å². The molecule has 1 aromatic rings. The van der Waals surface area contributed by atoms with Crippen LogP contribution < -0.4 is 0 Å². The highest BCUT2D eigenvalue weighted by atomic mass is 79.9. The van der Waals surface area contributed by atoms with Crippen molar-refractivity contribution in [1.29, 1.82) is 0 Å². The van der Waals surface area contributed by atoms with Crippen LogP contribution in [0.4, 0.5) is 4.39 Å². The Morgan fingerprint density at radius 2 is 2.24 bits per heavy atom. The maximum absolute atomic E-state index is 14.2. The summed E-state index contributed by atoms with van der Waals surface area (Å²) >= 11 is 3.15. The zero-order valence-corrected chi connectivity index (χ0v) is 14.0. The number of nitrogens with zero attached hydrogens (tertiary/aromatic N) is 1. The van der Waals surface area contributed by atoms with E-state index in [0.717, 1.165) is 0 Å². The number of aliphatic hydroxyl groups is 1. The van der Waals surface area contributed by atoms with Crippen molar-refractivity contribution in [2.45, 2.75) is 17.9 Å². The van der Waals surface area contributed by atoms with E-state index in [1.54, 1.807) is 7.11 Å². The van der Waals surface area contributed by atoms with Gasteiger partial charge in [-0.15, -0.1) is 0 Å². The Morgan fingerprint density at radius 3 is 2.86 bits per heavy atom. The van der Waals surface area contributed by atoms with E-state index in [4.69, 9.17) is 9.84 Å². The molecule has 0 amide bonds. The van der Waals surface area contributed by atoms with Crippen LogP contribution in [-0.4, -0.2) is 44.6 Å². The van der Waals surface area contributed by atoms with Gasteiger partial charge in [0.05, 0.1) is 13.2 Å². The molecule has 2 rings (SSSR count). The van der Waals surface area contributed by atoms with E-state index in [-0.39, 0.29) is 11.5 Å². The molecular weight excluding hydrogens is 365 g/mol. The van der Waals surface area contributed by atoms with Gasteiger partial charge in [0.25, 0.3) is 0 Å². The van der Waals surface area contributed by atoms with Crippen LogP contribution in [0.1, 0.15) is 12.0 Å². The van der Waals surface area contributed by atoms with Gasteiger partial charge in [-0.1, -0.05) is 15.9 Å². The lowest BCUT2D eigenvalue weighted by molar-refractivity contribution is 0.157. The first kappa shape index (κ1) is 16.8. The molecule has 0 radical (unpaired) electrons. The molecule has 1 unspecified atom stereocenters. The van der Waals surface area contributed by atoms with Gasteiger partial charge in [0.1, 0.15) is 10.7 Å². The van der Waals surface area contributed by atoms with Gasteiger partial charge in [0.15, 0.2) is 0 Å². The first-order valence-electron chi connectivity index (χ1n) is 6.48. The number of halogens is 2. The Balaban J connectivity index is 2.35. The van der Waals surface area contributed by atoms with E-state index in [1.807, 2.05) is 0 Å². The van der Waals surface area contributed by atoms with Crippen molar-refractivity contribution >= 4 is 26.0 Å². The Bertz CT molecular complexity index is 623. The second kappa shape index (κ2) is 6.70. The molecule has 1 N–H and O–H groups in total. The maximum Gasteiger partial charge on any atom is 0.246 e. The molecule has 1 heterocycles. The van der Waals surface area contributed by atoms with E-state index >= 15 is 0 Å². The van der Waals surface area contributed by atoms with Crippen LogP contribution in [0.3, 0.4) is 0 Å². The van der Waals surface area contributed by atoms with Crippen LogP contribution in [0.5, 0.6) is 0 Å². The summed E-state index contributed by atoms with van der Waals surface area (Å²) in [4.78, 5) is -0.404. The predicted octanol–water partition coefficient (Wildman–Crippen LogP) is 1.74. The fourth-order valence-electron chi connectivity index (χ4n) is 2.45. The van der Waals surface area contributed by atoms with Gasteiger partial charge >= 0.3 is 0 Å². The van der Waals surface area contributed by atoms with Gasteiger partial charge in [-0.2, -0.15) is 4.31 Å². The van der Waals surface area contributed by atoms with Crippen molar-refractivity contribution in [3.05, 3.63) is 28.0 Å².